The smallest absolute Gasteiger partial charge is 0.338 e. The van der Waals surface area contributed by atoms with Gasteiger partial charge in [0, 0.05) is 0 Å². The van der Waals surface area contributed by atoms with Crippen LogP contribution in [0.25, 0.3) is 0 Å². The molecule has 0 radical (unpaired) electrons. The lowest BCUT2D eigenvalue weighted by Gasteiger charge is -2.44. The summed E-state index contributed by atoms with van der Waals surface area (Å²) in [6.45, 7) is 3.03. The van der Waals surface area contributed by atoms with Crippen LogP contribution in [0, 0.1) is 0 Å². The maximum atomic E-state index is 13.5. The molecule has 1 heterocycles. The number of carbonyl (C=O) groups is 1. The Kier molecular flexibility index (Phi) is 10.3. The van der Waals surface area contributed by atoms with Crippen LogP contribution in [0.15, 0.2) is 121 Å². The summed E-state index contributed by atoms with van der Waals surface area (Å²) in [7, 11) is 0. The molecule has 6 heteroatoms. The zero-order valence-electron chi connectivity index (χ0n) is 23.2. The zero-order chi connectivity index (χ0) is 28.3. The summed E-state index contributed by atoms with van der Waals surface area (Å²) in [6.07, 6.45) is -3.29. The molecule has 0 saturated carbocycles. The van der Waals surface area contributed by atoms with Gasteiger partial charge in [0.1, 0.15) is 24.9 Å². The first kappa shape index (κ1) is 28.7. The van der Waals surface area contributed by atoms with Crippen LogP contribution < -0.4 is 0 Å². The van der Waals surface area contributed by atoms with E-state index in [9.17, 15) is 4.79 Å². The van der Waals surface area contributed by atoms with Crippen LogP contribution in [0.4, 0.5) is 0 Å². The van der Waals surface area contributed by atoms with Gasteiger partial charge in [-0.25, -0.2) is 4.79 Å². The number of benzene rings is 4. The largest absolute Gasteiger partial charge is 0.459 e. The highest BCUT2D eigenvalue weighted by atomic mass is 16.6. The number of hydrogen-bond acceptors (Lipinski definition) is 6. The van der Waals surface area contributed by atoms with Crippen LogP contribution in [-0.4, -0.2) is 36.5 Å². The van der Waals surface area contributed by atoms with Crippen molar-refractivity contribution < 1.29 is 28.5 Å². The van der Waals surface area contributed by atoms with E-state index in [2.05, 4.69) is 0 Å². The third kappa shape index (κ3) is 8.12. The van der Waals surface area contributed by atoms with E-state index in [1.807, 2.05) is 128 Å². The van der Waals surface area contributed by atoms with Gasteiger partial charge in [-0.2, -0.15) is 0 Å². The van der Waals surface area contributed by atoms with Crippen molar-refractivity contribution in [3.05, 3.63) is 144 Å². The molecule has 41 heavy (non-hydrogen) atoms. The van der Waals surface area contributed by atoms with Crippen LogP contribution in [0.2, 0.25) is 0 Å². The van der Waals surface area contributed by atoms with Gasteiger partial charge in [-0.3, -0.25) is 0 Å². The van der Waals surface area contributed by atoms with Gasteiger partial charge in [0.25, 0.3) is 0 Å². The summed E-state index contributed by atoms with van der Waals surface area (Å²) in [5.41, 5.74) is 3.92. The maximum absolute atomic E-state index is 13.5. The molecule has 1 fully saturated rings. The second-order valence-electron chi connectivity index (χ2n) is 10.1. The van der Waals surface area contributed by atoms with Gasteiger partial charge in [0.05, 0.1) is 25.9 Å². The van der Waals surface area contributed by atoms with Crippen molar-refractivity contribution >= 4 is 5.97 Å². The summed E-state index contributed by atoms with van der Waals surface area (Å²) >= 11 is 0. The first-order valence-electron chi connectivity index (χ1n) is 14.0. The molecular formula is C35H36O6. The van der Waals surface area contributed by atoms with E-state index in [0.717, 1.165) is 22.3 Å². The molecule has 5 rings (SSSR count). The van der Waals surface area contributed by atoms with Crippen molar-refractivity contribution in [1.29, 1.82) is 0 Å². The zero-order valence-corrected chi connectivity index (χ0v) is 23.2. The van der Waals surface area contributed by atoms with Crippen LogP contribution in [0.5, 0.6) is 0 Å². The molecule has 1 unspecified atom stereocenters. The molecule has 212 valence electrons. The summed E-state index contributed by atoms with van der Waals surface area (Å²) in [5.74, 6) is -0.492. The molecule has 0 bridgehead atoms. The highest BCUT2D eigenvalue weighted by Crippen LogP contribution is 2.31. The van der Waals surface area contributed by atoms with Crippen molar-refractivity contribution in [2.45, 2.75) is 63.9 Å². The molecule has 0 N–H and O–H groups in total. The van der Waals surface area contributed by atoms with Gasteiger partial charge in [-0.05, 0) is 29.2 Å². The number of carbonyl (C=O) groups excluding carboxylic acids is 1. The van der Waals surface area contributed by atoms with Crippen LogP contribution in [0.1, 0.15) is 29.2 Å². The molecule has 0 amide bonds. The highest BCUT2D eigenvalue weighted by Gasteiger charge is 2.50. The van der Waals surface area contributed by atoms with Crippen molar-refractivity contribution in [2.24, 2.45) is 0 Å². The Bertz CT molecular complexity index is 1320. The Morgan fingerprint density at radius 3 is 1.34 bits per heavy atom. The molecule has 1 aliphatic rings. The molecule has 1 aliphatic heterocycles. The summed E-state index contributed by atoms with van der Waals surface area (Å²) < 4.78 is 31.5. The Morgan fingerprint density at radius 1 is 0.537 bits per heavy atom. The lowest BCUT2D eigenvalue weighted by molar-refractivity contribution is -0.263. The SMILES string of the molecule is CC1O[C@H](C(=O)OCc2ccccc2)[C@@H](OCc2ccccc2)[C@H](OCc2ccccc2)[C@H]1OCc1ccccc1. The number of rotatable bonds is 12. The number of ether oxygens (including phenoxy) is 5. The van der Waals surface area contributed by atoms with E-state index in [1.54, 1.807) is 0 Å². The maximum Gasteiger partial charge on any atom is 0.338 e. The van der Waals surface area contributed by atoms with Crippen molar-refractivity contribution in [3.63, 3.8) is 0 Å². The third-order valence-electron chi connectivity index (χ3n) is 7.08. The predicted octanol–water partition coefficient (Wildman–Crippen LogP) is 6.27. The molecular weight excluding hydrogens is 516 g/mol. The van der Waals surface area contributed by atoms with Gasteiger partial charge in [-0.15, -0.1) is 0 Å². The number of esters is 1. The predicted molar refractivity (Wildman–Crippen MR) is 156 cm³/mol. The van der Waals surface area contributed by atoms with Gasteiger partial charge in [-0.1, -0.05) is 121 Å². The molecule has 4 aromatic carbocycles. The van der Waals surface area contributed by atoms with E-state index in [0.29, 0.717) is 13.2 Å². The third-order valence-corrected chi connectivity index (χ3v) is 7.08. The monoisotopic (exact) mass is 552 g/mol. The minimum absolute atomic E-state index is 0.142. The summed E-state index contributed by atoms with van der Waals surface area (Å²) in [5, 5.41) is 0. The lowest BCUT2D eigenvalue weighted by Crippen LogP contribution is -2.61. The van der Waals surface area contributed by atoms with Crippen molar-refractivity contribution in [2.75, 3.05) is 0 Å². The molecule has 0 aliphatic carbocycles. The highest BCUT2D eigenvalue weighted by molar-refractivity contribution is 5.76. The Labute approximate surface area is 241 Å². The van der Waals surface area contributed by atoms with Gasteiger partial charge >= 0.3 is 5.97 Å². The van der Waals surface area contributed by atoms with Crippen LogP contribution >= 0.6 is 0 Å². The average molecular weight is 553 g/mol. The normalized spacial score (nSPS) is 22.2. The average Bonchev–Trinajstić information content (AvgIpc) is 3.03. The standard InChI is InChI=1S/C35H36O6/c1-26-31(37-22-27-14-6-2-7-15-27)32(38-23-28-16-8-3-9-17-28)33(39-24-29-18-10-4-11-19-29)34(41-26)35(36)40-25-30-20-12-5-13-21-30/h2-21,26,31-34H,22-25H2,1H3/t26?,31-,32+,33-,34-/m0/s1. The first-order chi connectivity index (χ1) is 20.2. The molecule has 1 saturated heterocycles. The second kappa shape index (κ2) is 14.7. The van der Waals surface area contributed by atoms with E-state index in [4.69, 9.17) is 23.7 Å². The Morgan fingerprint density at radius 2 is 0.902 bits per heavy atom. The molecule has 4 aromatic rings. The van der Waals surface area contributed by atoms with Crippen molar-refractivity contribution in [1.82, 2.24) is 0 Å². The topological polar surface area (TPSA) is 63.2 Å². The van der Waals surface area contributed by atoms with E-state index >= 15 is 0 Å². The minimum Gasteiger partial charge on any atom is -0.459 e. The van der Waals surface area contributed by atoms with Crippen molar-refractivity contribution in [3.8, 4) is 0 Å². The van der Waals surface area contributed by atoms with E-state index in [1.165, 1.54) is 0 Å². The second-order valence-corrected chi connectivity index (χ2v) is 10.1. The Balaban J connectivity index is 1.40. The minimum atomic E-state index is -0.991. The first-order valence-corrected chi connectivity index (χ1v) is 14.0. The fraction of sp³-hybridized carbons (Fsp3) is 0.286. The number of hydrogen-bond donors (Lipinski definition) is 0. The molecule has 0 spiro atoms. The fourth-order valence-corrected chi connectivity index (χ4v) is 4.92. The Hall–Kier alpha value is -3.81. The van der Waals surface area contributed by atoms with Gasteiger partial charge in [0.15, 0.2) is 6.10 Å². The fourth-order valence-electron chi connectivity index (χ4n) is 4.92. The lowest BCUT2D eigenvalue weighted by atomic mass is 9.94. The molecule has 5 atom stereocenters. The van der Waals surface area contributed by atoms with E-state index in [-0.39, 0.29) is 13.2 Å². The summed E-state index contributed by atoms with van der Waals surface area (Å²) in [6, 6.07) is 39.3. The van der Waals surface area contributed by atoms with Crippen LogP contribution in [-0.2, 0) is 54.9 Å². The molecule has 0 aromatic heterocycles. The summed E-state index contributed by atoms with van der Waals surface area (Å²) in [4.78, 5) is 13.5. The van der Waals surface area contributed by atoms with Gasteiger partial charge < -0.3 is 23.7 Å². The molecule has 6 nitrogen and oxygen atoms in total. The van der Waals surface area contributed by atoms with Crippen LogP contribution in [0.3, 0.4) is 0 Å². The van der Waals surface area contributed by atoms with Gasteiger partial charge in [0.2, 0.25) is 0 Å². The van der Waals surface area contributed by atoms with E-state index < -0.39 is 36.5 Å². The quantitative estimate of drug-likeness (QED) is 0.193.